The molecule has 0 aromatic rings. The summed E-state index contributed by atoms with van der Waals surface area (Å²) in [6.45, 7) is 8.83. The number of aliphatic imine (C=N–C) groups is 1. The average Bonchev–Trinajstić information content (AvgIpc) is 2.10. The molecule has 0 aromatic heterocycles. The number of hydrogen-bond donors (Lipinski definition) is 0. The largest absolute Gasteiger partial charge is 0.240 e. The highest BCUT2D eigenvalue weighted by atomic mass is 14.7. The van der Waals surface area contributed by atoms with Gasteiger partial charge in [-0.05, 0) is 43.5 Å². The van der Waals surface area contributed by atoms with Crippen LogP contribution in [0.2, 0.25) is 0 Å². The van der Waals surface area contributed by atoms with Crippen molar-refractivity contribution in [1.82, 2.24) is 0 Å². The molecule has 1 unspecified atom stereocenters. The van der Waals surface area contributed by atoms with Gasteiger partial charge in [-0.1, -0.05) is 27.7 Å². The van der Waals surface area contributed by atoms with Crippen molar-refractivity contribution in [3.05, 3.63) is 6.08 Å². The minimum absolute atomic E-state index is 0.491. The maximum absolute atomic E-state index is 4.40. The van der Waals surface area contributed by atoms with Gasteiger partial charge in [0.2, 0.25) is 0 Å². The van der Waals surface area contributed by atoms with E-state index in [1.54, 1.807) is 0 Å². The number of nitrogens with zero attached hydrogens (tertiary/aromatic N) is 1. The molecule has 0 aromatic carbocycles. The van der Waals surface area contributed by atoms with Crippen LogP contribution < -0.4 is 0 Å². The normalized spacial score (nSPS) is 12.4. The molecule has 0 radical (unpaired) electrons. The minimum Gasteiger partial charge on any atom is -0.240 e. The Morgan fingerprint density at radius 3 is 2.38 bits per heavy atom. The van der Waals surface area contributed by atoms with Crippen molar-refractivity contribution in [1.29, 1.82) is 0 Å². The van der Waals surface area contributed by atoms with E-state index >= 15 is 0 Å². The van der Waals surface area contributed by atoms with Crippen molar-refractivity contribution in [2.75, 3.05) is 0 Å². The molecule has 0 aliphatic rings. The van der Waals surface area contributed by atoms with Crippen LogP contribution in [0.5, 0.6) is 0 Å². The van der Waals surface area contributed by atoms with Gasteiger partial charge in [-0.25, -0.2) is 4.99 Å². The topological polar surface area (TPSA) is 12.4 Å². The summed E-state index contributed by atoms with van der Waals surface area (Å²) in [5.41, 5.74) is 0. The van der Waals surface area contributed by atoms with E-state index in [-0.39, 0.29) is 0 Å². The Morgan fingerprint density at radius 1 is 1.23 bits per heavy atom. The molecule has 0 aliphatic carbocycles. The Hall–Kier alpha value is -0.550. The third-order valence-electron chi connectivity index (χ3n) is 2.10. The quantitative estimate of drug-likeness (QED) is 0.552. The van der Waals surface area contributed by atoms with E-state index in [1.807, 2.05) is 6.08 Å². The monoisotopic (exact) mass is 181 g/mol. The van der Waals surface area contributed by atoms with Crippen LogP contribution in [0.25, 0.3) is 0 Å². The molecule has 1 nitrogen and oxygen atoms in total. The summed E-state index contributed by atoms with van der Waals surface area (Å²) in [7, 11) is 0. The first-order chi connectivity index (χ1) is 6.20. The van der Waals surface area contributed by atoms with Crippen molar-refractivity contribution >= 4 is 5.87 Å². The second-order valence-corrected chi connectivity index (χ2v) is 3.90. The van der Waals surface area contributed by atoms with Crippen molar-refractivity contribution in [2.45, 2.75) is 59.4 Å². The SMILES string of the molecule is CCC=C=NC(CC)CCC(C)C. The zero-order valence-electron chi connectivity index (χ0n) is 9.51. The average molecular weight is 181 g/mol. The van der Waals surface area contributed by atoms with Crippen LogP contribution in [0.4, 0.5) is 0 Å². The molecule has 1 heteroatoms. The maximum atomic E-state index is 4.40. The number of allylic oxidation sites excluding steroid dienone is 1. The zero-order chi connectivity index (χ0) is 10.1. The molecule has 0 rings (SSSR count). The third kappa shape index (κ3) is 7.80. The molecule has 76 valence electrons. The molecule has 1 atom stereocenters. The Kier molecular flexibility index (Phi) is 7.73. The Morgan fingerprint density at radius 2 is 1.92 bits per heavy atom. The maximum Gasteiger partial charge on any atom is 0.0591 e. The molecule has 0 N–H and O–H groups in total. The Labute approximate surface area is 83.0 Å². The van der Waals surface area contributed by atoms with Gasteiger partial charge in [0.05, 0.1) is 6.04 Å². The molecule has 13 heavy (non-hydrogen) atoms. The summed E-state index contributed by atoms with van der Waals surface area (Å²) in [5, 5.41) is 0. The summed E-state index contributed by atoms with van der Waals surface area (Å²) < 4.78 is 0. The summed E-state index contributed by atoms with van der Waals surface area (Å²) in [4.78, 5) is 4.40. The molecular formula is C12H23N. The first-order valence-corrected chi connectivity index (χ1v) is 5.47. The molecule has 0 fully saturated rings. The first-order valence-electron chi connectivity index (χ1n) is 5.47. The molecule has 0 saturated heterocycles. The van der Waals surface area contributed by atoms with Crippen molar-refractivity contribution < 1.29 is 0 Å². The zero-order valence-corrected chi connectivity index (χ0v) is 9.51. The van der Waals surface area contributed by atoms with Crippen molar-refractivity contribution in [3.8, 4) is 0 Å². The number of hydrogen-bond acceptors (Lipinski definition) is 1. The summed E-state index contributed by atoms with van der Waals surface area (Å²) >= 11 is 0. The first kappa shape index (κ1) is 12.4. The second-order valence-electron chi connectivity index (χ2n) is 3.90. The standard InChI is InChI=1S/C12H23N/c1-5-7-10-13-12(6-2)9-8-11(3)4/h7,11-12H,5-6,8-9H2,1-4H3. The van der Waals surface area contributed by atoms with E-state index in [0.29, 0.717) is 6.04 Å². The smallest absolute Gasteiger partial charge is 0.0591 e. The minimum atomic E-state index is 0.491. The van der Waals surface area contributed by atoms with Crippen LogP contribution in [-0.4, -0.2) is 11.9 Å². The van der Waals surface area contributed by atoms with Crippen LogP contribution in [-0.2, 0) is 0 Å². The van der Waals surface area contributed by atoms with Crippen LogP contribution >= 0.6 is 0 Å². The van der Waals surface area contributed by atoms with Crippen LogP contribution in [0, 0.1) is 5.92 Å². The van der Waals surface area contributed by atoms with Crippen LogP contribution in [0.3, 0.4) is 0 Å². The Bertz CT molecular complexity index is 164. The molecule has 0 bridgehead atoms. The van der Waals surface area contributed by atoms with Gasteiger partial charge in [0.15, 0.2) is 0 Å². The summed E-state index contributed by atoms with van der Waals surface area (Å²) in [6.07, 6.45) is 6.65. The molecular weight excluding hydrogens is 158 g/mol. The van der Waals surface area contributed by atoms with Gasteiger partial charge in [-0.15, -0.1) is 0 Å². The molecule has 0 amide bonds. The lowest BCUT2D eigenvalue weighted by molar-refractivity contribution is 0.492. The summed E-state index contributed by atoms with van der Waals surface area (Å²) in [5.74, 6) is 3.80. The molecule has 0 heterocycles. The van der Waals surface area contributed by atoms with E-state index in [4.69, 9.17) is 0 Å². The van der Waals surface area contributed by atoms with Crippen LogP contribution in [0.15, 0.2) is 11.1 Å². The highest BCUT2D eigenvalue weighted by Gasteiger charge is 2.03. The van der Waals surface area contributed by atoms with E-state index in [9.17, 15) is 0 Å². The van der Waals surface area contributed by atoms with Gasteiger partial charge in [-0.2, -0.15) is 0 Å². The lowest BCUT2D eigenvalue weighted by Gasteiger charge is -2.09. The fraction of sp³-hybridized carbons (Fsp3) is 0.833. The van der Waals surface area contributed by atoms with E-state index in [1.165, 1.54) is 12.8 Å². The van der Waals surface area contributed by atoms with Crippen LogP contribution in [0.1, 0.15) is 53.4 Å². The van der Waals surface area contributed by atoms with E-state index < -0.39 is 0 Å². The lowest BCUT2D eigenvalue weighted by Crippen LogP contribution is -2.03. The van der Waals surface area contributed by atoms with Gasteiger partial charge in [0, 0.05) is 0 Å². The highest BCUT2D eigenvalue weighted by molar-refractivity contribution is 5.51. The molecule has 0 spiro atoms. The van der Waals surface area contributed by atoms with Crippen molar-refractivity contribution in [3.63, 3.8) is 0 Å². The molecule has 0 saturated carbocycles. The van der Waals surface area contributed by atoms with Crippen molar-refractivity contribution in [2.24, 2.45) is 10.9 Å². The predicted molar refractivity (Wildman–Crippen MR) is 60.4 cm³/mol. The van der Waals surface area contributed by atoms with E-state index in [0.717, 1.165) is 18.8 Å². The van der Waals surface area contributed by atoms with Gasteiger partial charge in [0.25, 0.3) is 0 Å². The molecule has 0 aliphatic heterocycles. The second kappa shape index (κ2) is 8.07. The van der Waals surface area contributed by atoms with Gasteiger partial charge in [-0.3, -0.25) is 0 Å². The highest BCUT2D eigenvalue weighted by Crippen LogP contribution is 2.11. The third-order valence-corrected chi connectivity index (χ3v) is 2.10. The fourth-order valence-corrected chi connectivity index (χ4v) is 1.14. The van der Waals surface area contributed by atoms with Gasteiger partial charge >= 0.3 is 0 Å². The Balaban J connectivity index is 3.82. The lowest BCUT2D eigenvalue weighted by atomic mass is 10.0. The predicted octanol–water partition coefficient (Wildman–Crippen LogP) is 3.84. The van der Waals surface area contributed by atoms with Gasteiger partial charge in [0.1, 0.15) is 0 Å². The summed E-state index contributed by atoms with van der Waals surface area (Å²) in [6, 6.07) is 0.491. The van der Waals surface area contributed by atoms with Gasteiger partial charge < -0.3 is 0 Å². The fourth-order valence-electron chi connectivity index (χ4n) is 1.14. The number of rotatable bonds is 6. The van der Waals surface area contributed by atoms with E-state index in [2.05, 4.69) is 38.6 Å².